The summed E-state index contributed by atoms with van der Waals surface area (Å²) in [6, 6.07) is 32.6. The van der Waals surface area contributed by atoms with Crippen LogP contribution in [0.1, 0.15) is 19.3 Å². The summed E-state index contributed by atoms with van der Waals surface area (Å²) >= 11 is 5.55. The molecule has 0 heterocycles. The Bertz CT molecular complexity index is 722. The molecule has 0 fully saturated rings. The molecule has 1 nitrogen and oxygen atoms in total. The van der Waals surface area contributed by atoms with Crippen molar-refractivity contribution in [1.29, 1.82) is 0 Å². The van der Waals surface area contributed by atoms with Crippen molar-refractivity contribution in [3.63, 3.8) is 0 Å². The van der Waals surface area contributed by atoms with Crippen LogP contribution >= 0.6 is 18.9 Å². The quantitative estimate of drug-likeness (QED) is 0.315. The monoisotopic (exact) mass is 382 g/mol. The van der Waals surface area contributed by atoms with Crippen LogP contribution in [0.2, 0.25) is 0 Å². The number of benzene rings is 3. The Morgan fingerprint density at radius 3 is 1.38 bits per heavy atom. The Morgan fingerprint density at radius 1 is 0.654 bits per heavy atom. The Balaban J connectivity index is 2.10. The molecule has 0 bridgehead atoms. The van der Waals surface area contributed by atoms with Gasteiger partial charge >= 0.3 is 161 Å². The maximum atomic E-state index is 11.2. The van der Waals surface area contributed by atoms with Gasteiger partial charge in [0.25, 0.3) is 0 Å². The van der Waals surface area contributed by atoms with Crippen molar-refractivity contribution in [2.75, 3.05) is 6.16 Å². The molecule has 134 valence electrons. The SMILES string of the molecule is O=C(Cl)CCCC[PH](c1ccccc1)(c1ccccc1)c1ccccc1. The Morgan fingerprint density at radius 2 is 1.04 bits per heavy atom. The molecule has 0 saturated carbocycles. The van der Waals surface area contributed by atoms with Gasteiger partial charge in [0.15, 0.2) is 0 Å². The van der Waals surface area contributed by atoms with Crippen LogP contribution < -0.4 is 15.9 Å². The van der Waals surface area contributed by atoms with Crippen molar-refractivity contribution in [2.24, 2.45) is 0 Å². The molecule has 0 aliphatic rings. The van der Waals surface area contributed by atoms with Gasteiger partial charge in [-0.1, -0.05) is 0 Å². The number of unbranched alkanes of at least 4 members (excludes halogenated alkanes) is 1. The number of hydrogen-bond donors (Lipinski definition) is 0. The molecule has 3 aromatic carbocycles. The van der Waals surface area contributed by atoms with Crippen LogP contribution in [0.4, 0.5) is 0 Å². The average Bonchev–Trinajstić information content (AvgIpc) is 2.70. The third kappa shape index (κ3) is 4.23. The van der Waals surface area contributed by atoms with Gasteiger partial charge in [-0.2, -0.15) is 0 Å². The third-order valence-electron chi connectivity index (χ3n) is 4.97. The van der Waals surface area contributed by atoms with E-state index >= 15 is 0 Å². The normalized spacial score (nSPS) is 11.9. The van der Waals surface area contributed by atoms with Crippen molar-refractivity contribution in [2.45, 2.75) is 19.3 Å². The predicted octanol–water partition coefficient (Wildman–Crippen LogP) is 4.65. The summed E-state index contributed by atoms with van der Waals surface area (Å²) in [5, 5.41) is 4.00. The van der Waals surface area contributed by atoms with Gasteiger partial charge in [0, 0.05) is 0 Å². The molecular weight excluding hydrogens is 359 g/mol. The van der Waals surface area contributed by atoms with Gasteiger partial charge in [-0.05, 0) is 0 Å². The van der Waals surface area contributed by atoms with E-state index in [2.05, 4.69) is 91.0 Å². The van der Waals surface area contributed by atoms with E-state index in [1.54, 1.807) is 0 Å². The fraction of sp³-hybridized carbons (Fsp3) is 0.174. The summed E-state index contributed by atoms with van der Waals surface area (Å²) in [6.45, 7) is 0. The van der Waals surface area contributed by atoms with Crippen LogP contribution in [-0.4, -0.2) is 11.4 Å². The fourth-order valence-corrected chi connectivity index (χ4v) is 8.82. The Hall–Kier alpha value is -1.95. The van der Waals surface area contributed by atoms with E-state index in [4.69, 9.17) is 11.6 Å². The van der Waals surface area contributed by atoms with Crippen LogP contribution in [0, 0.1) is 0 Å². The molecule has 0 atom stereocenters. The van der Waals surface area contributed by atoms with E-state index in [0.29, 0.717) is 6.42 Å². The summed E-state index contributed by atoms with van der Waals surface area (Å²) in [7, 11) is -2.15. The van der Waals surface area contributed by atoms with Gasteiger partial charge in [0.2, 0.25) is 0 Å². The van der Waals surface area contributed by atoms with Gasteiger partial charge in [-0.15, -0.1) is 0 Å². The molecule has 0 spiro atoms. The van der Waals surface area contributed by atoms with Crippen LogP contribution in [0.3, 0.4) is 0 Å². The van der Waals surface area contributed by atoms with Gasteiger partial charge < -0.3 is 0 Å². The minimum absolute atomic E-state index is 0.239. The minimum atomic E-state index is -2.15. The first-order valence-corrected chi connectivity index (χ1v) is 11.7. The van der Waals surface area contributed by atoms with Gasteiger partial charge in [-0.25, -0.2) is 0 Å². The number of carbonyl (C=O) groups excluding carboxylic acids is 1. The third-order valence-corrected chi connectivity index (χ3v) is 10.2. The summed E-state index contributed by atoms with van der Waals surface area (Å²) in [5.74, 6) is 0. The molecule has 0 N–H and O–H groups in total. The van der Waals surface area contributed by atoms with Crippen molar-refractivity contribution in [3.05, 3.63) is 91.0 Å². The van der Waals surface area contributed by atoms with Gasteiger partial charge in [0.1, 0.15) is 0 Å². The molecule has 0 aliphatic carbocycles. The molecule has 26 heavy (non-hydrogen) atoms. The van der Waals surface area contributed by atoms with Gasteiger partial charge in [0.05, 0.1) is 0 Å². The Labute approximate surface area is 161 Å². The van der Waals surface area contributed by atoms with E-state index in [9.17, 15) is 4.79 Å². The van der Waals surface area contributed by atoms with Crippen LogP contribution in [0.25, 0.3) is 0 Å². The van der Waals surface area contributed by atoms with Gasteiger partial charge in [-0.3, -0.25) is 0 Å². The number of halogens is 1. The number of hydrogen-bond acceptors (Lipinski definition) is 1. The van der Waals surface area contributed by atoms with E-state index in [-0.39, 0.29) is 5.24 Å². The van der Waals surface area contributed by atoms with Crippen molar-refractivity contribution in [3.8, 4) is 0 Å². The second-order valence-corrected chi connectivity index (χ2v) is 11.0. The molecule has 0 saturated heterocycles. The molecular formula is C23H24ClOP. The van der Waals surface area contributed by atoms with Crippen LogP contribution in [-0.2, 0) is 4.79 Å². The zero-order chi connectivity index (χ0) is 18.2. The van der Waals surface area contributed by atoms with E-state index < -0.39 is 7.26 Å². The summed E-state index contributed by atoms with van der Waals surface area (Å²) < 4.78 is 0. The molecule has 3 rings (SSSR count). The predicted molar refractivity (Wildman–Crippen MR) is 116 cm³/mol. The topological polar surface area (TPSA) is 17.1 Å². The average molecular weight is 383 g/mol. The van der Waals surface area contributed by atoms with E-state index in [1.807, 2.05) is 0 Å². The first-order chi connectivity index (χ1) is 12.7. The summed E-state index contributed by atoms with van der Waals surface area (Å²) in [4.78, 5) is 11.2. The Kier molecular flexibility index (Phi) is 6.61. The molecule has 3 aromatic rings. The zero-order valence-corrected chi connectivity index (χ0v) is 16.5. The van der Waals surface area contributed by atoms with Crippen LogP contribution in [0.5, 0.6) is 0 Å². The fourth-order valence-electron chi connectivity index (χ4n) is 3.76. The second kappa shape index (κ2) is 9.12. The van der Waals surface area contributed by atoms with E-state index in [1.165, 1.54) is 15.9 Å². The molecule has 0 amide bonds. The first kappa shape index (κ1) is 18.8. The molecule has 0 aliphatic heterocycles. The molecule has 3 heteroatoms. The molecule has 0 unspecified atom stereocenters. The molecule has 0 aromatic heterocycles. The second-order valence-electron chi connectivity index (χ2n) is 6.57. The van der Waals surface area contributed by atoms with Crippen LogP contribution in [0.15, 0.2) is 91.0 Å². The van der Waals surface area contributed by atoms with E-state index in [0.717, 1.165) is 19.0 Å². The number of carbonyl (C=O) groups is 1. The number of rotatable bonds is 8. The summed E-state index contributed by atoms with van der Waals surface area (Å²) in [5.41, 5.74) is 0. The zero-order valence-electron chi connectivity index (χ0n) is 14.8. The van der Waals surface area contributed by atoms with Crippen molar-refractivity contribution in [1.82, 2.24) is 0 Å². The maximum absolute atomic E-state index is 11.2. The summed E-state index contributed by atoms with van der Waals surface area (Å²) in [6.07, 6.45) is 3.34. The standard InChI is InChI=1S/C23H24ClOP/c24-23(25)18-10-11-19-26(20-12-4-1-5-13-20,21-14-6-2-7-15-21)22-16-8-3-9-17-22/h1-9,12-17,26H,10-11,18-19H2. The first-order valence-electron chi connectivity index (χ1n) is 9.08. The molecule has 0 radical (unpaired) electrons. The van der Waals surface area contributed by atoms with Crippen molar-refractivity contribution >= 4 is 40.0 Å². The van der Waals surface area contributed by atoms with Crippen molar-refractivity contribution < 1.29 is 4.79 Å².